The first-order valence-electron chi connectivity index (χ1n) is 7.83. The van der Waals surface area contributed by atoms with E-state index >= 15 is 0 Å². The third kappa shape index (κ3) is 3.23. The summed E-state index contributed by atoms with van der Waals surface area (Å²) >= 11 is 0. The second kappa shape index (κ2) is 6.47. The van der Waals surface area contributed by atoms with E-state index in [1.54, 1.807) is 19.5 Å². The van der Waals surface area contributed by atoms with Gasteiger partial charge in [0.05, 0.1) is 6.33 Å². The molecule has 0 atom stereocenters. The Hall–Kier alpha value is -1.25. The van der Waals surface area contributed by atoms with Gasteiger partial charge in [-0.05, 0) is 31.6 Å². The average molecular weight is 326 g/mol. The van der Waals surface area contributed by atoms with Crippen LogP contribution >= 0.6 is 0 Å². The lowest BCUT2D eigenvalue weighted by Crippen LogP contribution is -2.46. The monoisotopic (exact) mass is 326 g/mol. The summed E-state index contributed by atoms with van der Waals surface area (Å²) in [5.41, 5.74) is -0.0536. The molecule has 3 heterocycles. The van der Waals surface area contributed by atoms with Crippen LogP contribution in [0.4, 0.5) is 0 Å². The molecule has 2 aliphatic heterocycles. The molecule has 0 amide bonds. The maximum Gasteiger partial charge on any atom is 0.281 e. The zero-order valence-corrected chi connectivity index (χ0v) is 13.4. The minimum Gasteiger partial charge on any atom is -0.299 e. The molecule has 7 nitrogen and oxygen atoms in total. The summed E-state index contributed by atoms with van der Waals surface area (Å²) in [4.78, 5) is 15.7. The predicted molar refractivity (Wildman–Crippen MR) is 82.5 cm³/mol. The van der Waals surface area contributed by atoms with Crippen molar-refractivity contribution in [2.45, 2.75) is 32.2 Å². The largest absolute Gasteiger partial charge is 0.299 e. The molecule has 2 aliphatic rings. The third-order valence-corrected chi connectivity index (χ3v) is 6.57. The zero-order valence-electron chi connectivity index (χ0n) is 12.6. The maximum absolute atomic E-state index is 12.5. The molecule has 0 bridgehead atoms. The first-order valence-corrected chi connectivity index (χ1v) is 9.23. The predicted octanol–water partition coefficient (Wildman–Crippen LogP) is 0.296. The Kier molecular flexibility index (Phi) is 4.60. The van der Waals surface area contributed by atoms with Crippen LogP contribution in [0, 0.1) is 5.92 Å². The molecule has 1 aromatic heterocycles. The van der Waals surface area contributed by atoms with Crippen LogP contribution in [0.5, 0.6) is 0 Å². The van der Waals surface area contributed by atoms with Crippen LogP contribution in [-0.2, 0) is 16.8 Å². The Balaban J connectivity index is 1.58. The molecular weight excluding hydrogens is 304 g/mol. The van der Waals surface area contributed by atoms with Gasteiger partial charge in [0.25, 0.3) is 15.8 Å². The number of aromatic nitrogens is 2. The van der Waals surface area contributed by atoms with Crippen molar-refractivity contribution in [2.24, 2.45) is 5.92 Å². The first-order chi connectivity index (χ1) is 10.6. The van der Waals surface area contributed by atoms with Crippen molar-refractivity contribution in [1.82, 2.24) is 18.2 Å². The van der Waals surface area contributed by atoms with E-state index in [9.17, 15) is 13.2 Å². The van der Waals surface area contributed by atoms with E-state index in [4.69, 9.17) is 0 Å². The summed E-state index contributed by atoms with van der Waals surface area (Å²) in [5, 5.41) is 0. The van der Waals surface area contributed by atoms with Gasteiger partial charge in [0, 0.05) is 45.0 Å². The minimum atomic E-state index is -3.28. The Morgan fingerprint density at radius 1 is 1.09 bits per heavy atom. The summed E-state index contributed by atoms with van der Waals surface area (Å²) < 4.78 is 29.8. The van der Waals surface area contributed by atoms with Crippen molar-refractivity contribution in [3.63, 3.8) is 0 Å². The van der Waals surface area contributed by atoms with Crippen molar-refractivity contribution in [3.05, 3.63) is 28.9 Å². The molecule has 0 aromatic carbocycles. The standard InChI is InChI=1S/C14H22N4O3S/c19-14-3-6-15-12-16(14)11-13-4-9-18(10-5-13)22(20,21)17-7-1-2-8-17/h3,6,12-13H,1-2,4-5,7-11H2. The van der Waals surface area contributed by atoms with Crippen LogP contribution in [-0.4, -0.2) is 52.8 Å². The van der Waals surface area contributed by atoms with Crippen LogP contribution in [0.15, 0.2) is 23.4 Å². The Bertz CT molecular complexity index is 659. The number of piperidine rings is 1. The smallest absolute Gasteiger partial charge is 0.281 e. The van der Waals surface area contributed by atoms with E-state index in [-0.39, 0.29) is 5.56 Å². The molecule has 2 saturated heterocycles. The quantitative estimate of drug-likeness (QED) is 0.797. The molecule has 8 heteroatoms. The molecule has 22 heavy (non-hydrogen) atoms. The average Bonchev–Trinajstić information content (AvgIpc) is 3.05. The van der Waals surface area contributed by atoms with Gasteiger partial charge >= 0.3 is 0 Å². The highest BCUT2D eigenvalue weighted by atomic mass is 32.2. The Morgan fingerprint density at radius 2 is 1.73 bits per heavy atom. The second-order valence-electron chi connectivity index (χ2n) is 6.03. The van der Waals surface area contributed by atoms with E-state index in [1.165, 1.54) is 12.3 Å². The van der Waals surface area contributed by atoms with Gasteiger partial charge in [0.15, 0.2) is 0 Å². The summed E-state index contributed by atoms with van der Waals surface area (Å²) in [6.07, 6.45) is 6.53. The number of hydrogen-bond donors (Lipinski definition) is 0. The number of rotatable bonds is 4. The normalized spacial score (nSPS) is 22.2. The number of nitrogens with zero attached hydrogens (tertiary/aromatic N) is 4. The lowest BCUT2D eigenvalue weighted by Gasteiger charge is -2.33. The van der Waals surface area contributed by atoms with Gasteiger partial charge in [0.2, 0.25) is 0 Å². The molecule has 0 saturated carbocycles. The fourth-order valence-corrected chi connectivity index (χ4v) is 4.92. The van der Waals surface area contributed by atoms with E-state index in [1.807, 2.05) is 0 Å². The lowest BCUT2D eigenvalue weighted by molar-refractivity contribution is 0.239. The zero-order chi connectivity index (χ0) is 15.6. The van der Waals surface area contributed by atoms with Gasteiger partial charge in [0.1, 0.15) is 0 Å². The van der Waals surface area contributed by atoms with Crippen LogP contribution < -0.4 is 5.56 Å². The maximum atomic E-state index is 12.5. The molecule has 1 aromatic rings. The van der Waals surface area contributed by atoms with Gasteiger partial charge in [-0.2, -0.15) is 17.0 Å². The highest BCUT2D eigenvalue weighted by molar-refractivity contribution is 7.86. The van der Waals surface area contributed by atoms with Crippen molar-refractivity contribution in [1.29, 1.82) is 0 Å². The molecule has 3 rings (SSSR count). The van der Waals surface area contributed by atoms with Crippen molar-refractivity contribution >= 4 is 10.2 Å². The summed E-state index contributed by atoms with van der Waals surface area (Å²) in [6, 6.07) is 1.45. The van der Waals surface area contributed by atoms with Crippen LogP contribution in [0.3, 0.4) is 0 Å². The molecule has 122 valence electrons. The van der Waals surface area contributed by atoms with Gasteiger partial charge < -0.3 is 0 Å². The molecule has 0 spiro atoms. The van der Waals surface area contributed by atoms with E-state index in [0.29, 0.717) is 38.6 Å². The summed E-state index contributed by atoms with van der Waals surface area (Å²) in [5.74, 6) is 0.326. The third-order valence-electron chi connectivity index (χ3n) is 4.54. The highest BCUT2D eigenvalue weighted by Crippen LogP contribution is 2.24. The molecule has 0 aliphatic carbocycles. The van der Waals surface area contributed by atoms with Crippen molar-refractivity contribution in [3.8, 4) is 0 Å². The van der Waals surface area contributed by atoms with Crippen molar-refractivity contribution < 1.29 is 8.42 Å². The molecule has 0 unspecified atom stereocenters. The van der Waals surface area contributed by atoms with Crippen molar-refractivity contribution in [2.75, 3.05) is 26.2 Å². The summed E-state index contributed by atoms with van der Waals surface area (Å²) in [7, 11) is -3.28. The molecule has 2 fully saturated rings. The van der Waals surface area contributed by atoms with Crippen LogP contribution in [0.1, 0.15) is 25.7 Å². The minimum absolute atomic E-state index is 0.0536. The van der Waals surface area contributed by atoms with Gasteiger partial charge in [-0.1, -0.05) is 0 Å². The molecule has 0 radical (unpaired) electrons. The molecule has 0 N–H and O–H groups in total. The van der Waals surface area contributed by atoms with E-state index in [0.717, 1.165) is 25.7 Å². The second-order valence-corrected chi connectivity index (χ2v) is 7.96. The van der Waals surface area contributed by atoms with Crippen LogP contribution in [0.2, 0.25) is 0 Å². The van der Waals surface area contributed by atoms with Crippen LogP contribution in [0.25, 0.3) is 0 Å². The highest BCUT2D eigenvalue weighted by Gasteiger charge is 2.34. The lowest BCUT2D eigenvalue weighted by atomic mass is 9.98. The first kappa shape index (κ1) is 15.6. The number of hydrogen-bond acceptors (Lipinski definition) is 4. The Labute approximate surface area is 130 Å². The van der Waals surface area contributed by atoms with Gasteiger partial charge in [-0.3, -0.25) is 9.36 Å². The fraction of sp³-hybridized carbons (Fsp3) is 0.714. The fourth-order valence-electron chi connectivity index (χ4n) is 3.20. The topological polar surface area (TPSA) is 75.5 Å². The van der Waals surface area contributed by atoms with Gasteiger partial charge in [-0.25, -0.2) is 4.98 Å². The summed E-state index contributed by atoms with van der Waals surface area (Å²) in [6.45, 7) is 2.99. The molecular formula is C14H22N4O3S. The Morgan fingerprint density at radius 3 is 2.36 bits per heavy atom. The van der Waals surface area contributed by atoms with E-state index in [2.05, 4.69) is 4.98 Å². The van der Waals surface area contributed by atoms with Gasteiger partial charge in [-0.15, -0.1) is 0 Å². The SMILES string of the molecule is O=c1ccncn1CC1CCN(S(=O)(=O)N2CCCC2)CC1. The van der Waals surface area contributed by atoms with E-state index < -0.39 is 10.2 Å².